The molecule has 1 heterocycles. The molecule has 1 fully saturated rings. The lowest BCUT2D eigenvalue weighted by Crippen LogP contribution is -2.39. The zero-order chi connectivity index (χ0) is 15.1. The molecule has 0 aromatic heterocycles. The van der Waals surface area contributed by atoms with Crippen LogP contribution in [0.2, 0.25) is 0 Å². The van der Waals surface area contributed by atoms with Crippen molar-refractivity contribution in [1.82, 2.24) is 15.1 Å². The molecule has 0 bridgehead atoms. The van der Waals surface area contributed by atoms with Crippen molar-refractivity contribution in [2.24, 2.45) is 0 Å². The van der Waals surface area contributed by atoms with Gasteiger partial charge in [-0.1, -0.05) is 18.2 Å². The minimum absolute atomic E-state index is 0.691. The molecule has 118 valence electrons. The van der Waals surface area contributed by atoms with Gasteiger partial charge in [0.15, 0.2) is 0 Å². The maximum absolute atomic E-state index is 6.01. The third-order valence-electron chi connectivity index (χ3n) is 4.05. The Morgan fingerprint density at radius 3 is 2.90 bits per heavy atom. The van der Waals surface area contributed by atoms with Crippen molar-refractivity contribution in [3.8, 4) is 5.75 Å². The molecule has 2 rings (SSSR count). The quantitative estimate of drug-likeness (QED) is 0.790. The Morgan fingerprint density at radius 2 is 2.14 bits per heavy atom. The smallest absolute Gasteiger partial charge is 0.123 e. The van der Waals surface area contributed by atoms with Crippen LogP contribution in [0.1, 0.15) is 18.4 Å². The molecule has 4 heteroatoms. The fourth-order valence-corrected chi connectivity index (χ4v) is 3.07. The predicted octanol–water partition coefficient (Wildman–Crippen LogP) is 1.81. The van der Waals surface area contributed by atoms with Crippen LogP contribution in [0.5, 0.6) is 5.75 Å². The van der Waals surface area contributed by atoms with Gasteiger partial charge in [-0.2, -0.15) is 0 Å². The number of ether oxygens (including phenoxy) is 1. The van der Waals surface area contributed by atoms with E-state index in [1.54, 1.807) is 0 Å². The van der Waals surface area contributed by atoms with E-state index in [2.05, 4.69) is 47.4 Å². The number of nitrogens with zero attached hydrogens (tertiary/aromatic N) is 2. The van der Waals surface area contributed by atoms with E-state index in [-0.39, 0.29) is 0 Å². The van der Waals surface area contributed by atoms with Crippen LogP contribution in [0.4, 0.5) is 0 Å². The van der Waals surface area contributed by atoms with Gasteiger partial charge in [0.05, 0.1) is 0 Å². The van der Waals surface area contributed by atoms with Crippen LogP contribution in [-0.4, -0.2) is 63.2 Å². The molecule has 1 aromatic rings. The highest BCUT2D eigenvalue weighted by molar-refractivity contribution is 5.33. The van der Waals surface area contributed by atoms with Gasteiger partial charge in [0, 0.05) is 31.2 Å². The summed E-state index contributed by atoms with van der Waals surface area (Å²) in [6, 6.07) is 8.98. The summed E-state index contributed by atoms with van der Waals surface area (Å²) >= 11 is 0. The molecule has 1 atom stereocenters. The van der Waals surface area contributed by atoms with Crippen molar-refractivity contribution in [2.75, 3.05) is 47.4 Å². The number of benzene rings is 1. The summed E-state index contributed by atoms with van der Waals surface area (Å²) in [6.07, 6.45) is 2.63. The van der Waals surface area contributed by atoms with Gasteiger partial charge in [-0.25, -0.2) is 0 Å². The van der Waals surface area contributed by atoms with E-state index in [0.717, 1.165) is 32.0 Å². The molecule has 1 aliphatic heterocycles. The molecule has 0 saturated carbocycles. The Kier molecular flexibility index (Phi) is 6.49. The first-order valence-electron chi connectivity index (χ1n) is 7.95. The van der Waals surface area contributed by atoms with Crippen LogP contribution in [0, 0.1) is 0 Å². The molecule has 4 nitrogen and oxygen atoms in total. The second-order valence-corrected chi connectivity index (χ2v) is 6.08. The third kappa shape index (κ3) is 4.99. The molecule has 21 heavy (non-hydrogen) atoms. The summed E-state index contributed by atoms with van der Waals surface area (Å²) in [6.45, 7) is 5.00. The van der Waals surface area contributed by atoms with Crippen LogP contribution < -0.4 is 10.1 Å². The van der Waals surface area contributed by atoms with Crippen LogP contribution in [-0.2, 0) is 6.54 Å². The van der Waals surface area contributed by atoms with E-state index in [9.17, 15) is 0 Å². The second-order valence-electron chi connectivity index (χ2n) is 6.08. The van der Waals surface area contributed by atoms with Crippen molar-refractivity contribution in [2.45, 2.75) is 25.4 Å². The van der Waals surface area contributed by atoms with E-state index in [1.165, 1.54) is 24.9 Å². The van der Waals surface area contributed by atoms with Crippen molar-refractivity contribution >= 4 is 0 Å². The summed E-state index contributed by atoms with van der Waals surface area (Å²) < 4.78 is 6.01. The zero-order valence-electron chi connectivity index (χ0n) is 13.6. The van der Waals surface area contributed by atoms with Gasteiger partial charge in [-0.15, -0.1) is 0 Å². The largest absolute Gasteiger partial charge is 0.492 e. The van der Waals surface area contributed by atoms with Gasteiger partial charge in [-0.3, -0.25) is 4.90 Å². The number of hydrogen-bond acceptors (Lipinski definition) is 4. The van der Waals surface area contributed by atoms with Gasteiger partial charge in [0.2, 0.25) is 0 Å². The van der Waals surface area contributed by atoms with Gasteiger partial charge in [0.25, 0.3) is 0 Å². The molecule has 0 aliphatic carbocycles. The molecule has 0 amide bonds. The normalized spacial score (nSPS) is 19.3. The summed E-state index contributed by atoms with van der Waals surface area (Å²) in [5, 5.41) is 3.19. The van der Waals surface area contributed by atoms with Gasteiger partial charge in [0.1, 0.15) is 12.4 Å². The Morgan fingerprint density at radius 1 is 1.33 bits per heavy atom. The van der Waals surface area contributed by atoms with Crippen LogP contribution in [0.25, 0.3) is 0 Å². The fourth-order valence-electron chi connectivity index (χ4n) is 3.07. The molecule has 0 radical (unpaired) electrons. The average molecular weight is 291 g/mol. The molecule has 1 aromatic carbocycles. The molecule has 0 spiro atoms. The number of likely N-dealkylation sites (N-methyl/N-ethyl adjacent to an activating group) is 1. The Balaban J connectivity index is 1.81. The lowest BCUT2D eigenvalue weighted by Gasteiger charge is -2.27. The zero-order valence-corrected chi connectivity index (χ0v) is 13.6. The van der Waals surface area contributed by atoms with Crippen molar-refractivity contribution < 1.29 is 4.74 Å². The maximum Gasteiger partial charge on any atom is 0.123 e. The highest BCUT2D eigenvalue weighted by atomic mass is 16.5. The molecule has 1 unspecified atom stereocenters. The number of nitrogens with one attached hydrogen (secondary N) is 1. The predicted molar refractivity (Wildman–Crippen MR) is 87.8 cm³/mol. The number of para-hydroxylation sites is 1. The number of rotatable bonds is 8. The van der Waals surface area contributed by atoms with E-state index in [0.29, 0.717) is 6.04 Å². The molecule has 1 aliphatic rings. The summed E-state index contributed by atoms with van der Waals surface area (Å²) in [5.74, 6) is 1.01. The van der Waals surface area contributed by atoms with Crippen LogP contribution in [0.15, 0.2) is 24.3 Å². The second kappa shape index (κ2) is 8.37. The Hall–Kier alpha value is -1.10. The van der Waals surface area contributed by atoms with Crippen molar-refractivity contribution in [3.05, 3.63) is 29.8 Å². The van der Waals surface area contributed by atoms with E-state index in [1.807, 2.05) is 13.1 Å². The fraction of sp³-hybridized carbons (Fsp3) is 0.647. The van der Waals surface area contributed by atoms with Crippen molar-refractivity contribution in [1.29, 1.82) is 0 Å². The summed E-state index contributed by atoms with van der Waals surface area (Å²) in [5.41, 5.74) is 1.23. The minimum Gasteiger partial charge on any atom is -0.492 e. The van der Waals surface area contributed by atoms with E-state index < -0.39 is 0 Å². The third-order valence-corrected chi connectivity index (χ3v) is 4.05. The van der Waals surface area contributed by atoms with Crippen molar-refractivity contribution in [3.63, 3.8) is 0 Å². The lowest BCUT2D eigenvalue weighted by molar-refractivity contribution is 0.172. The molecule has 1 saturated heterocycles. The number of likely N-dealkylation sites (tertiary alicyclic amines) is 1. The maximum atomic E-state index is 6.01. The molecular formula is C17H29N3O. The lowest BCUT2D eigenvalue weighted by atomic mass is 10.2. The molecule has 1 N–H and O–H groups in total. The minimum atomic E-state index is 0.691. The SMILES string of the molecule is CNCc1ccccc1OCCN1CCCC1CN(C)C. The highest BCUT2D eigenvalue weighted by Crippen LogP contribution is 2.19. The summed E-state index contributed by atoms with van der Waals surface area (Å²) in [4.78, 5) is 4.85. The van der Waals surface area contributed by atoms with Gasteiger partial charge >= 0.3 is 0 Å². The van der Waals surface area contributed by atoms with Gasteiger partial charge < -0.3 is 15.0 Å². The van der Waals surface area contributed by atoms with E-state index in [4.69, 9.17) is 4.74 Å². The standard InChI is InChI=1S/C17H29N3O/c1-18-13-15-7-4-5-9-17(15)21-12-11-20-10-6-8-16(20)14-19(2)3/h4-5,7,9,16,18H,6,8,10-14H2,1-3H3. The average Bonchev–Trinajstić information content (AvgIpc) is 2.88. The first kappa shape index (κ1) is 16.3. The molecular weight excluding hydrogens is 262 g/mol. The van der Waals surface area contributed by atoms with Crippen LogP contribution in [0.3, 0.4) is 0 Å². The van der Waals surface area contributed by atoms with Crippen LogP contribution >= 0.6 is 0 Å². The summed E-state index contributed by atoms with van der Waals surface area (Å²) in [7, 11) is 6.27. The topological polar surface area (TPSA) is 27.7 Å². The Bertz CT molecular complexity index is 422. The first-order valence-corrected chi connectivity index (χ1v) is 7.95. The highest BCUT2D eigenvalue weighted by Gasteiger charge is 2.24. The first-order chi connectivity index (χ1) is 10.2. The number of hydrogen-bond donors (Lipinski definition) is 1. The van der Waals surface area contributed by atoms with Gasteiger partial charge in [-0.05, 0) is 46.6 Å². The van der Waals surface area contributed by atoms with E-state index >= 15 is 0 Å². The monoisotopic (exact) mass is 291 g/mol. The Labute approximate surface area is 129 Å².